The molecule has 18 heavy (non-hydrogen) atoms. The molecule has 0 fully saturated rings. The van der Waals surface area contributed by atoms with Gasteiger partial charge in [-0.15, -0.1) is 11.8 Å². The molecular formula is C16H19NS. The van der Waals surface area contributed by atoms with Crippen molar-refractivity contribution in [2.24, 2.45) is 5.73 Å². The lowest BCUT2D eigenvalue weighted by atomic mass is 10.0. The zero-order chi connectivity index (χ0) is 12.8. The van der Waals surface area contributed by atoms with Crippen molar-refractivity contribution in [1.29, 1.82) is 0 Å². The molecule has 2 N–H and O–H groups in total. The Balaban J connectivity index is 2.15. The Morgan fingerprint density at radius 2 is 1.44 bits per heavy atom. The minimum Gasteiger partial charge on any atom is -0.330 e. The van der Waals surface area contributed by atoms with Gasteiger partial charge in [0.25, 0.3) is 0 Å². The zero-order valence-electron chi connectivity index (χ0n) is 10.7. The molecule has 0 saturated carbocycles. The predicted molar refractivity (Wildman–Crippen MR) is 81.0 cm³/mol. The van der Waals surface area contributed by atoms with Crippen LogP contribution >= 0.6 is 11.8 Å². The van der Waals surface area contributed by atoms with Gasteiger partial charge in [-0.1, -0.05) is 43.3 Å². The van der Waals surface area contributed by atoms with Crippen LogP contribution in [0.2, 0.25) is 0 Å². The number of thioether (sulfide) groups is 1. The van der Waals surface area contributed by atoms with E-state index in [1.54, 1.807) is 0 Å². The van der Waals surface area contributed by atoms with E-state index in [1.807, 2.05) is 11.8 Å². The minimum absolute atomic E-state index is 0.711. The van der Waals surface area contributed by atoms with Gasteiger partial charge < -0.3 is 5.73 Å². The molecule has 0 bridgehead atoms. The Bertz CT molecular complexity index is 426. The molecule has 0 aliphatic rings. The lowest BCUT2D eigenvalue weighted by Gasteiger charge is -2.05. The third-order valence-corrected chi connectivity index (χ3v) is 3.78. The average Bonchev–Trinajstić information content (AvgIpc) is 2.41. The van der Waals surface area contributed by atoms with E-state index >= 15 is 0 Å². The van der Waals surface area contributed by atoms with Crippen LogP contribution in [0.3, 0.4) is 0 Å². The highest BCUT2D eigenvalue weighted by atomic mass is 32.2. The van der Waals surface area contributed by atoms with Crippen LogP contribution in [0.25, 0.3) is 11.1 Å². The summed E-state index contributed by atoms with van der Waals surface area (Å²) < 4.78 is 0. The summed E-state index contributed by atoms with van der Waals surface area (Å²) in [6, 6.07) is 17.4. The second-order valence-corrected chi connectivity index (χ2v) is 5.53. The van der Waals surface area contributed by atoms with Crippen LogP contribution in [-0.4, -0.2) is 12.3 Å². The van der Waals surface area contributed by atoms with Gasteiger partial charge in [-0.3, -0.25) is 0 Å². The summed E-state index contributed by atoms with van der Waals surface area (Å²) in [6.45, 7) is 2.89. The smallest absolute Gasteiger partial charge is 0.00722 e. The predicted octanol–water partition coefficient (Wildman–Crippen LogP) is 3.97. The highest BCUT2D eigenvalue weighted by Crippen LogP contribution is 2.24. The van der Waals surface area contributed by atoms with E-state index in [1.165, 1.54) is 21.6 Å². The van der Waals surface area contributed by atoms with Crippen molar-refractivity contribution in [2.45, 2.75) is 18.2 Å². The van der Waals surface area contributed by atoms with Crippen LogP contribution in [-0.2, 0) is 6.42 Å². The number of rotatable bonds is 5. The fourth-order valence-corrected chi connectivity index (χ4v) is 2.60. The maximum absolute atomic E-state index is 5.55. The maximum atomic E-state index is 5.55. The van der Waals surface area contributed by atoms with Crippen molar-refractivity contribution in [3.8, 4) is 11.1 Å². The van der Waals surface area contributed by atoms with Crippen LogP contribution in [0.4, 0.5) is 0 Å². The normalized spacial score (nSPS) is 10.6. The van der Waals surface area contributed by atoms with Gasteiger partial charge in [0.05, 0.1) is 0 Å². The van der Waals surface area contributed by atoms with Gasteiger partial charge in [0.15, 0.2) is 0 Å². The van der Waals surface area contributed by atoms with Gasteiger partial charge in [-0.05, 0) is 47.5 Å². The summed E-state index contributed by atoms with van der Waals surface area (Å²) in [5.41, 5.74) is 9.40. The maximum Gasteiger partial charge on any atom is 0.00722 e. The van der Waals surface area contributed by atoms with E-state index in [-0.39, 0.29) is 0 Å². The molecule has 0 unspecified atom stereocenters. The summed E-state index contributed by atoms with van der Waals surface area (Å²) in [4.78, 5) is 1.33. The Hall–Kier alpha value is -1.25. The van der Waals surface area contributed by atoms with Crippen molar-refractivity contribution in [3.05, 3.63) is 54.1 Å². The lowest BCUT2D eigenvalue weighted by molar-refractivity contribution is 0.969. The van der Waals surface area contributed by atoms with Gasteiger partial charge in [0, 0.05) is 4.90 Å². The SMILES string of the molecule is CCSc1ccc(-c2ccc(CCN)cc2)cc1. The molecule has 2 rings (SSSR count). The molecule has 0 aromatic heterocycles. The second-order valence-electron chi connectivity index (χ2n) is 4.19. The van der Waals surface area contributed by atoms with E-state index in [0.717, 1.165) is 12.2 Å². The largest absolute Gasteiger partial charge is 0.330 e. The fourth-order valence-electron chi connectivity index (χ4n) is 1.94. The molecule has 1 nitrogen and oxygen atoms in total. The summed E-state index contributed by atoms with van der Waals surface area (Å²) in [7, 11) is 0. The minimum atomic E-state index is 0.711. The molecule has 2 heteroatoms. The first-order valence-electron chi connectivity index (χ1n) is 6.35. The Kier molecular flexibility index (Phi) is 4.85. The van der Waals surface area contributed by atoms with Crippen LogP contribution in [0, 0.1) is 0 Å². The van der Waals surface area contributed by atoms with Crippen LogP contribution < -0.4 is 5.73 Å². The van der Waals surface area contributed by atoms with Gasteiger partial charge in [0.1, 0.15) is 0 Å². The van der Waals surface area contributed by atoms with Gasteiger partial charge >= 0.3 is 0 Å². The number of nitrogens with two attached hydrogens (primary N) is 1. The van der Waals surface area contributed by atoms with E-state index in [2.05, 4.69) is 55.5 Å². The monoisotopic (exact) mass is 257 g/mol. The molecule has 94 valence electrons. The zero-order valence-corrected chi connectivity index (χ0v) is 11.5. The first-order valence-corrected chi connectivity index (χ1v) is 7.34. The summed E-state index contributed by atoms with van der Waals surface area (Å²) in [5, 5.41) is 0. The first-order chi connectivity index (χ1) is 8.83. The molecule has 0 heterocycles. The van der Waals surface area contributed by atoms with Crippen molar-refractivity contribution >= 4 is 11.8 Å². The molecule has 0 saturated heterocycles. The number of benzene rings is 2. The van der Waals surface area contributed by atoms with E-state index in [4.69, 9.17) is 5.73 Å². The molecule has 2 aromatic carbocycles. The van der Waals surface area contributed by atoms with Crippen molar-refractivity contribution < 1.29 is 0 Å². The lowest BCUT2D eigenvalue weighted by Crippen LogP contribution is -2.02. The van der Waals surface area contributed by atoms with Gasteiger partial charge in [-0.25, -0.2) is 0 Å². The Morgan fingerprint density at radius 1 is 0.889 bits per heavy atom. The highest BCUT2D eigenvalue weighted by molar-refractivity contribution is 7.99. The van der Waals surface area contributed by atoms with E-state index in [9.17, 15) is 0 Å². The van der Waals surface area contributed by atoms with E-state index in [0.29, 0.717) is 6.54 Å². The summed E-state index contributed by atoms with van der Waals surface area (Å²) >= 11 is 1.87. The van der Waals surface area contributed by atoms with Gasteiger partial charge in [0.2, 0.25) is 0 Å². The molecule has 0 radical (unpaired) electrons. The second kappa shape index (κ2) is 6.62. The standard InChI is InChI=1S/C16H19NS/c1-2-18-16-9-7-15(8-10-16)14-5-3-13(4-6-14)11-12-17/h3-10H,2,11-12,17H2,1H3. The van der Waals surface area contributed by atoms with Crippen molar-refractivity contribution in [1.82, 2.24) is 0 Å². The molecule has 0 aliphatic carbocycles. The van der Waals surface area contributed by atoms with E-state index < -0.39 is 0 Å². The quantitative estimate of drug-likeness (QED) is 0.820. The molecule has 2 aromatic rings. The average molecular weight is 257 g/mol. The molecule has 0 atom stereocenters. The van der Waals surface area contributed by atoms with Crippen molar-refractivity contribution in [2.75, 3.05) is 12.3 Å². The molecule has 0 aliphatic heterocycles. The van der Waals surface area contributed by atoms with Crippen LogP contribution in [0.1, 0.15) is 12.5 Å². The van der Waals surface area contributed by atoms with Gasteiger partial charge in [-0.2, -0.15) is 0 Å². The summed E-state index contributed by atoms with van der Waals surface area (Å²) in [6.07, 6.45) is 0.951. The van der Waals surface area contributed by atoms with Crippen LogP contribution in [0.5, 0.6) is 0 Å². The molecular weight excluding hydrogens is 238 g/mol. The topological polar surface area (TPSA) is 26.0 Å². The Morgan fingerprint density at radius 3 is 1.94 bits per heavy atom. The number of hydrogen-bond acceptors (Lipinski definition) is 2. The number of hydrogen-bond donors (Lipinski definition) is 1. The third-order valence-electron chi connectivity index (χ3n) is 2.89. The highest BCUT2D eigenvalue weighted by Gasteiger charge is 1.99. The summed E-state index contributed by atoms with van der Waals surface area (Å²) in [5.74, 6) is 1.12. The van der Waals surface area contributed by atoms with Crippen LogP contribution in [0.15, 0.2) is 53.4 Å². The third kappa shape index (κ3) is 3.37. The Labute approximate surface area is 113 Å². The first kappa shape index (κ1) is 13.2. The van der Waals surface area contributed by atoms with Crippen molar-refractivity contribution in [3.63, 3.8) is 0 Å². The fraction of sp³-hybridized carbons (Fsp3) is 0.250. The molecule has 0 amide bonds. The molecule has 0 spiro atoms.